The van der Waals surface area contributed by atoms with Crippen LogP contribution in [0.1, 0.15) is 24.8 Å². The third kappa shape index (κ3) is 1.17. The van der Waals surface area contributed by atoms with Gasteiger partial charge in [0, 0.05) is 12.4 Å². The Morgan fingerprint density at radius 2 is 1.93 bits per heavy atom. The molecule has 0 unspecified atom stereocenters. The van der Waals surface area contributed by atoms with Crippen molar-refractivity contribution in [3.63, 3.8) is 0 Å². The fourth-order valence-electron chi connectivity index (χ4n) is 3.40. The lowest BCUT2D eigenvalue weighted by Crippen LogP contribution is -2.46. The lowest BCUT2D eigenvalue weighted by molar-refractivity contribution is 0.712. The average Bonchev–Trinajstić information content (AvgIpc) is 2.60. The first-order valence-electron chi connectivity index (χ1n) is 5.84. The molecule has 1 fully saturated rings. The molecule has 2 heteroatoms. The summed E-state index contributed by atoms with van der Waals surface area (Å²) in [6, 6.07) is 6.97. The van der Waals surface area contributed by atoms with Gasteiger partial charge in [0.25, 0.3) is 0 Å². The van der Waals surface area contributed by atoms with Crippen molar-refractivity contribution < 1.29 is 0 Å². The van der Waals surface area contributed by atoms with Crippen LogP contribution in [-0.4, -0.2) is 13.1 Å². The van der Waals surface area contributed by atoms with Crippen molar-refractivity contribution in [3.05, 3.63) is 24.0 Å². The smallest absolute Gasteiger partial charge is 0.0875 e. The topological polar surface area (TPSA) is 12.9 Å². The molecule has 1 aromatic heterocycles. The van der Waals surface area contributed by atoms with Crippen LogP contribution in [0.2, 0.25) is 18.1 Å². The molecule has 0 aromatic carbocycles. The summed E-state index contributed by atoms with van der Waals surface area (Å²) < 4.78 is 0. The normalized spacial score (nSPS) is 23.7. The number of fused-ring (bicyclic) bond motifs is 2. The summed E-state index contributed by atoms with van der Waals surface area (Å²) in [6.07, 6.45) is 9.92. The van der Waals surface area contributed by atoms with E-state index in [4.69, 9.17) is 0 Å². The van der Waals surface area contributed by atoms with Gasteiger partial charge in [-0.3, -0.25) is 4.98 Å². The molecule has 0 radical (unpaired) electrons. The predicted octanol–water partition coefficient (Wildman–Crippen LogP) is 2.48. The minimum absolute atomic E-state index is 0.980. The number of rotatable bonds is 0. The molecule has 3 heterocycles. The SMILES string of the molecule is c1cc2c(cn1)CC[Si]21CCCCC1. The Morgan fingerprint density at radius 3 is 2.79 bits per heavy atom. The van der Waals surface area contributed by atoms with E-state index in [1.807, 2.05) is 6.20 Å². The number of hydrogen-bond donors (Lipinski definition) is 0. The fourth-order valence-corrected chi connectivity index (χ4v) is 8.86. The monoisotopic (exact) mass is 203 g/mol. The summed E-state index contributed by atoms with van der Waals surface area (Å²) in [5.41, 5.74) is 1.58. The second-order valence-electron chi connectivity index (χ2n) is 4.87. The number of pyridine rings is 1. The zero-order chi connectivity index (χ0) is 9.43. The first-order chi connectivity index (χ1) is 6.91. The van der Waals surface area contributed by atoms with Gasteiger partial charge >= 0.3 is 0 Å². The zero-order valence-electron chi connectivity index (χ0n) is 8.63. The van der Waals surface area contributed by atoms with Crippen molar-refractivity contribution in [2.24, 2.45) is 0 Å². The first kappa shape index (κ1) is 8.66. The third-order valence-corrected chi connectivity index (χ3v) is 9.62. The average molecular weight is 203 g/mol. The molecule has 3 rings (SSSR count). The van der Waals surface area contributed by atoms with E-state index in [-0.39, 0.29) is 0 Å². The Morgan fingerprint density at radius 1 is 1.07 bits per heavy atom. The molecule has 0 amide bonds. The van der Waals surface area contributed by atoms with Crippen LogP contribution in [0.25, 0.3) is 0 Å². The summed E-state index contributed by atoms with van der Waals surface area (Å²) in [5, 5.41) is 1.77. The highest BCUT2D eigenvalue weighted by Gasteiger charge is 2.41. The largest absolute Gasteiger partial charge is 0.264 e. The lowest BCUT2D eigenvalue weighted by Gasteiger charge is -2.32. The Hall–Kier alpha value is -0.633. The molecule has 0 aliphatic carbocycles. The van der Waals surface area contributed by atoms with Crippen molar-refractivity contribution in [2.45, 2.75) is 43.8 Å². The summed E-state index contributed by atoms with van der Waals surface area (Å²) in [7, 11) is -0.980. The quantitative estimate of drug-likeness (QED) is 0.590. The number of aryl methyl sites for hydroxylation is 1. The summed E-state index contributed by atoms with van der Waals surface area (Å²) >= 11 is 0. The number of hydrogen-bond acceptors (Lipinski definition) is 1. The minimum atomic E-state index is -0.980. The molecular weight excluding hydrogens is 186 g/mol. The maximum absolute atomic E-state index is 4.26. The molecule has 0 saturated carbocycles. The van der Waals surface area contributed by atoms with E-state index < -0.39 is 8.07 Å². The van der Waals surface area contributed by atoms with Gasteiger partial charge in [0.05, 0.1) is 8.07 Å². The van der Waals surface area contributed by atoms with E-state index in [1.54, 1.807) is 22.8 Å². The van der Waals surface area contributed by atoms with Crippen LogP contribution in [0.4, 0.5) is 0 Å². The molecular formula is C12H17NSi. The minimum Gasteiger partial charge on any atom is -0.264 e. The summed E-state index contributed by atoms with van der Waals surface area (Å²) in [5.74, 6) is 0. The molecule has 0 atom stereocenters. The van der Waals surface area contributed by atoms with Gasteiger partial charge in [0.1, 0.15) is 0 Å². The molecule has 1 aromatic rings. The summed E-state index contributed by atoms with van der Waals surface area (Å²) in [6.45, 7) is 0. The van der Waals surface area contributed by atoms with E-state index in [0.717, 1.165) is 0 Å². The molecule has 1 saturated heterocycles. The Bertz CT molecular complexity index is 336. The van der Waals surface area contributed by atoms with Gasteiger partial charge in [-0.1, -0.05) is 36.5 Å². The molecule has 14 heavy (non-hydrogen) atoms. The Balaban J connectivity index is 2.03. The van der Waals surface area contributed by atoms with Gasteiger partial charge in [-0.15, -0.1) is 0 Å². The highest BCUT2D eigenvalue weighted by molar-refractivity contribution is 6.93. The highest BCUT2D eigenvalue weighted by Crippen LogP contribution is 2.36. The van der Waals surface area contributed by atoms with Crippen LogP contribution in [0.5, 0.6) is 0 Å². The zero-order valence-corrected chi connectivity index (χ0v) is 9.63. The number of nitrogens with zero attached hydrogens (tertiary/aromatic N) is 1. The van der Waals surface area contributed by atoms with Gasteiger partial charge < -0.3 is 0 Å². The van der Waals surface area contributed by atoms with Gasteiger partial charge in [0.2, 0.25) is 0 Å². The lowest BCUT2D eigenvalue weighted by atomic mass is 10.2. The van der Waals surface area contributed by atoms with E-state index in [2.05, 4.69) is 17.2 Å². The highest BCUT2D eigenvalue weighted by atomic mass is 28.3. The fraction of sp³-hybridized carbons (Fsp3) is 0.583. The molecule has 0 bridgehead atoms. The second kappa shape index (κ2) is 3.19. The van der Waals surface area contributed by atoms with Crippen LogP contribution < -0.4 is 5.19 Å². The van der Waals surface area contributed by atoms with E-state index in [1.165, 1.54) is 31.7 Å². The Labute approximate surface area is 86.6 Å². The van der Waals surface area contributed by atoms with Crippen LogP contribution in [0, 0.1) is 0 Å². The third-order valence-electron chi connectivity index (χ3n) is 4.16. The van der Waals surface area contributed by atoms with Gasteiger partial charge in [-0.2, -0.15) is 0 Å². The van der Waals surface area contributed by atoms with Gasteiger partial charge in [0.15, 0.2) is 0 Å². The Kier molecular flexibility index (Phi) is 1.98. The molecule has 74 valence electrons. The van der Waals surface area contributed by atoms with Gasteiger partial charge in [-0.05, 0) is 24.1 Å². The van der Waals surface area contributed by atoms with Gasteiger partial charge in [-0.25, -0.2) is 0 Å². The summed E-state index contributed by atoms with van der Waals surface area (Å²) in [4.78, 5) is 4.26. The molecule has 1 nitrogen and oxygen atoms in total. The van der Waals surface area contributed by atoms with E-state index in [9.17, 15) is 0 Å². The molecule has 2 aliphatic rings. The molecule has 0 N–H and O–H groups in total. The second-order valence-corrected chi connectivity index (χ2v) is 9.47. The van der Waals surface area contributed by atoms with E-state index in [0.29, 0.717) is 0 Å². The van der Waals surface area contributed by atoms with E-state index >= 15 is 0 Å². The molecule has 1 spiro atoms. The van der Waals surface area contributed by atoms with Crippen molar-refractivity contribution >= 4 is 13.3 Å². The number of aromatic nitrogens is 1. The van der Waals surface area contributed by atoms with Crippen LogP contribution in [0.15, 0.2) is 18.5 Å². The molecule has 2 aliphatic heterocycles. The van der Waals surface area contributed by atoms with Crippen LogP contribution in [0.3, 0.4) is 0 Å². The van der Waals surface area contributed by atoms with Crippen molar-refractivity contribution in [1.82, 2.24) is 4.98 Å². The van der Waals surface area contributed by atoms with Crippen LogP contribution in [-0.2, 0) is 6.42 Å². The maximum atomic E-state index is 4.26. The standard InChI is InChI=1S/C12H17NSi/c1-2-7-14(8-3-1)9-5-11-10-13-6-4-12(11)14/h4,6,10H,1-3,5,7-9H2. The predicted molar refractivity (Wildman–Crippen MR) is 61.6 cm³/mol. The van der Waals surface area contributed by atoms with Crippen molar-refractivity contribution in [3.8, 4) is 0 Å². The maximum Gasteiger partial charge on any atom is 0.0875 e. The van der Waals surface area contributed by atoms with Crippen molar-refractivity contribution in [2.75, 3.05) is 0 Å². The van der Waals surface area contributed by atoms with Crippen molar-refractivity contribution in [1.29, 1.82) is 0 Å². The van der Waals surface area contributed by atoms with Crippen LogP contribution >= 0.6 is 0 Å². The first-order valence-corrected chi connectivity index (χ1v) is 8.46.